The Kier molecular flexibility index (Phi) is 7.14. The predicted octanol–water partition coefficient (Wildman–Crippen LogP) is 2.65. The minimum absolute atomic E-state index is 0.295. The molecule has 1 N–H and O–H groups in total. The summed E-state index contributed by atoms with van der Waals surface area (Å²) in [6.45, 7) is 6.76. The first kappa shape index (κ1) is 19.4. The Labute approximate surface area is 153 Å². The number of nitrogens with one attached hydrogen (secondary N) is 1. The molecule has 0 aliphatic rings. The van der Waals surface area contributed by atoms with E-state index >= 15 is 0 Å². The van der Waals surface area contributed by atoms with E-state index in [1.807, 2.05) is 50.4 Å². The average molecular weight is 355 g/mol. The van der Waals surface area contributed by atoms with Crippen molar-refractivity contribution in [3.8, 4) is 0 Å². The Bertz CT molecular complexity index is 751. The minimum Gasteiger partial charge on any atom is -0.449 e. The number of hydrogen-bond donors (Lipinski definition) is 1. The van der Waals surface area contributed by atoms with Crippen molar-refractivity contribution in [2.24, 2.45) is 5.92 Å². The summed E-state index contributed by atoms with van der Waals surface area (Å²) in [6.07, 6.45) is 5.61. The largest absolute Gasteiger partial charge is 0.449 e. The first-order valence-corrected chi connectivity index (χ1v) is 8.67. The van der Waals surface area contributed by atoms with Crippen LogP contribution in [0.1, 0.15) is 31.9 Å². The van der Waals surface area contributed by atoms with Crippen LogP contribution >= 0.6 is 0 Å². The second-order valence-corrected chi connectivity index (χ2v) is 6.51. The number of nitrogens with zero attached hydrogens (tertiary/aromatic N) is 2. The summed E-state index contributed by atoms with van der Waals surface area (Å²) >= 11 is 0. The zero-order valence-corrected chi connectivity index (χ0v) is 15.4. The molecule has 0 aliphatic carbocycles. The number of carbonyl (C=O) groups excluding carboxylic acids is 2. The fraction of sp³-hybridized carbons (Fsp3) is 0.350. The normalized spacial score (nSPS) is 12.3. The van der Waals surface area contributed by atoms with Crippen LogP contribution in [0.25, 0.3) is 6.08 Å². The van der Waals surface area contributed by atoms with E-state index in [0.717, 1.165) is 11.1 Å². The number of benzene rings is 1. The van der Waals surface area contributed by atoms with Crippen LogP contribution in [0, 0.1) is 5.92 Å². The minimum atomic E-state index is -0.827. The van der Waals surface area contributed by atoms with Crippen molar-refractivity contribution in [2.75, 3.05) is 6.54 Å². The van der Waals surface area contributed by atoms with Crippen molar-refractivity contribution in [3.63, 3.8) is 0 Å². The van der Waals surface area contributed by atoms with Gasteiger partial charge in [-0.25, -0.2) is 4.79 Å². The van der Waals surface area contributed by atoms with E-state index in [1.54, 1.807) is 23.9 Å². The standard InChI is InChI=1S/C20H25N3O3/c1-15(2)11-21-20(25)16(3)26-19(24)10-9-18-12-22-23(14-18)13-17-7-5-4-6-8-17/h4-10,12,14-16H,11,13H2,1-3H3,(H,21,25)/b10-9+/t16-/m0/s1. The maximum Gasteiger partial charge on any atom is 0.331 e. The number of rotatable bonds is 8. The van der Waals surface area contributed by atoms with Gasteiger partial charge in [-0.1, -0.05) is 44.2 Å². The summed E-state index contributed by atoms with van der Waals surface area (Å²) in [7, 11) is 0. The van der Waals surface area contributed by atoms with Gasteiger partial charge in [0.1, 0.15) is 0 Å². The van der Waals surface area contributed by atoms with Gasteiger partial charge < -0.3 is 10.1 Å². The molecular weight excluding hydrogens is 330 g/mol. The van der Waals surface area contributed by atoms with Gasteiger partial charge in [0, 0.05) is 24.4 Å². The van der Waals surface area contributed by atoms with Crippen molar-refractivity contribution in [3.05, 3.63) is 59.9 Å². The zero-order valence-electron chi connectivity index (χ0n) is 15.4. The molecule has 1 aromatic carbocycles. The number of ether oxygens (including phenoxy) is 1. The maximum atomic E-state index is 11.9. The van der Waals surface area contributed by atoms with Gasteiger partial charge in [0.15, 0.2) is 6.10 Å². The summed E-state index contributed by atoms with van der Waals surface area (Å²) in [6, 6.07) is 9.99. The number of aromatic nitrogens is 2. The van der Waals surface area contributed by atoms with E-state index in [4.69, 9.17) is 4.74 Å². The van der Waals surface area contributed by atoms with Crippen LogP contribution in [0.2, 0.25) is 0 Å². The van der Waals surface area contributed by atoms with Crippen molar-refractivity contribution >= 4 is 18.0 Å². The lowest BCUT2D eigenvalue weighted by Gasteiger charge is -2.13. The number of carbonyl (C=O) groups is 2. The van der Waals surface area contributed by atoms with Crippen molar-refractivity contribution < 1.29 is 14.3 Å². The number of esters is 1. The molecule has 0 fully saturated rings. The maximum absolute atomic E-state index is 11.9. The fourth-order valence-corrected chi connectivity index (χ4v) is 2.20. The lowest BCUT2D eigenvalue weighted by Crippen LogP contribution is -2.37. The molecule has 6 nitrogen and oxygen atoms in total. The Morgan fingerprint density at radius 3 is 2.65 bits per heavy atom. The molecule has 0 aliphatic heterocycles. The number of hydrogen-bond acceptors (Lipinski definition) is 4. The monoisotopic (exact) mass is 355 g/mol. The highest BCUT2D eigenvalue weighted by atomic mass is 16.5. The van der Waals surface area contributed by atoms with E-state index in [2.05, 4.69) is 10.4 Å². The third-order valence-corrected chi connectivity index (χ3v) is 3.60. The van der Waals surface area contributed by atoms with Crippen LogP contribution < -0.4 is 5.32 Å². The Morgan fingerprint density at radius 1 is 1.23 bits per heavy atom. The number of amides is 1. The van der Waals surface area contributed by atoms with E-state index < -0.39 is 12.1 Å². The molecular formula is C20H25N3O3. The summed E-state index contributed by atoms with van der Waals surface area (Å²) in [5.41, 5.74) is 1.93. The molecule has 1 heterocycles. The molecule has 1 amide bonds. The Balaban J connectivity index is 1.83. The van der Waals surface area contributed by atoms with Gasteiger partial charge >= 0.3 is 5.97 Å². The van der Waals surface area contributed by atoms with Crippen molar-refractivity contribution in [1.29, 1.82) is 0 Å². The van der Waals surface area contributed by atoms with Crippen LogP contribution in [0.3, 0.4) is 0 Å². The SMILES string of the molecule is CC(C)CNC(=O)[C@H](C)OC(=O)/C=C/c1cnn(Cc2ccccc2)c1. The van der Waals surface area contributed by atoms with Crippen molar-refractivity contribution in [1.82, 2.24) is 15.1 Å². The third-order valence-electron chi connectivity index (χ3n) is 3.60. The molecule has 0 radical (unpaired) electrons. The second-order valence-electron chi connectivity index (χ2n) is 6.51. The molecule has 0 saturated carbocycles. The highest BCUT2D eigenvalue weighted by Gasteiger charge is 2.16. The topological polar surface area (TPSA) is 73.2 Å². The highest BCUT2D eigenvalue weighted by molar-refractivity contribution is 5.90. The molecule has 26 heavy (non-hydrogen) atoms. The molecule has 6 heteroatoms. The quantitative estimate of drug-likeness (QED) is 0.584. The van der Waals surface area contributed by atoms with Crippen molar-refractivity contribution in [2.45, 2.75) is 33.4 Å². The van der Waals surface area contributed by atoms with Gasteiger partial charge in [0.25, 0.3) is 5.91 Å². The van der Waals surface area contributed by atoms with Gasteiger partial charge in [-0.15, -0.1) is 0 Å². The molecule has 0 saturated heterocycles. The van der Waals surface area contributed by atoms with Crippen LogP contribution in [0.15, 0.2) is 48.8 Å². The van der Waals surface area contributed by atoms with Gasteiger partial charge in [-0.3, -0.25) is 9.48 Å². The second kappa shape index (κ2) is 9.56. The van der Waals surface area contributed by atoms with Gasteiger partial charge in [-0.2, -0.15) is 5.10 Å². The first-order chi connectivity index (χ1) is 12.4. The molecule has 1 atom stereocenters. The third kappa shape index (κ3) is 6.55. The van der Waals surface area contributed by atoms with Crippen LogP contribution in [-0.4, -0.2) is 34.3 Å². The summed E-state index contributed by atoms with van der Waals surface area (Å²) < 4.78 is 6.90. The smallest absolute Gasteiger partial charge is 0.331 e. The van der Waals surface area contributed by atoms with E-state index in [0.29, 0.717) is 19.0 Å². The highest BCUT2D eigenvalue weighted by Crippen LogP contribution is 2.06. The van der Waals surface area contributed by atoms with Gasteiger partial charge in [0.2, 0.25) is 0 Å². The van der Waals surface area contributed by atoms with Crippen LogP contribution in [-0.2, 0) is 20.9 Å². The molecule has 0 bridgehead atoms. The molecule has 0 spiro atoms. The van der Waals surface area contributed by atoms with E-state index in [-0.39, 0.29) is 5.91 Å². The van der Waals surface area contributed by atoms with Crippen LogP contribution in [0.4, 0.5) is 0 Å². The molecule has 1 aromatic heterocycles. The fourth-order valence-electron chi connectivity index (χ4n) is 2.20. The molecule has 138 valence electrons. The van der Waals surface area contributed by atoms with Gasteiger partial charge in [0.05, 0.1) is 12.7 Å². The summed E-state index contributed by atoms with van der Waals surface area (Å²) in [5.74, 6) is -0.515. The predicted molar refractivity (Wildman–Crippen MR) is 100 cm³/mol. The van der Waals surface area contributed by atoms with E-state index in [9.17, 15) is 9.59 Å². The van der Waals surface area contributed by atoms with Gasteiger partial charge in [-0.05, 0) is 24.5 Å². The summed E-state index contributed by atoms with van der Waals surface area (Å²) in [4.78, 5) is 23.7. The Hall–Kier alpha value is -2.89. The lowest BCUT2D eigenvalue weighted by molar-refractivity contribution is -0.150. The zero-order chi connectivity index (χ0) is 18.9. The molecule has 0 unspecified atom stereocenters. The molecule has 2 rings (SSSR count). The molecule has 2 aromatic rings. The Morgan fingerprint density at radius 2 is 1.96 bits per heavy atom. The lowest BCUT2D eigenvalue weighted by atomic mass is 10.2. The van der Waals surface area contributed by atoms with Crippen LogP contribution in [0.5, 0.6) is 0 Å². The first-order valence-electron chi connectivity index (χ1n) is 8.67. The van der Waals surface area contributed by atoms with E-state index in [1.165, 1.54) is 6.08 Å². The summed E-state index contributed by atoms with van der Waals surface area (Å²) in [5, 5.41) is 7.00. The average Bonchev–Trinajstić information content (AvgIpc) is 3.06.